The Bertz CT molecular complexity index is 2270. The summed E-state index contributed by atoms with van der Waals surface area (Å²) in [6.45, 7) is 14.5. The number of pyridine rings is 1. The Kier molecular flexibility index (Phi) is 10.8. The summed E-state index contributed by atoms with van der Waals surface area (Å²) in [5, 5.41) is 36.4. The minimum Gasteiger partial charge on any atom is -0.476 e. The van der Waals surface area contributed by atoms with Crippen LogP contribution in [0.2, 0.25) is 0 Å². The van der Waals surface area contributed by atoms with Crippen LogP contribution in [0, 0.1) is 30.1 Å². The van der Waals surface area contributed by atoms with Gasteiger partial charge in [0.25, 0.3) is 0 Å². The zero-order valence-electron chi connectivity index (χ0n) is 34.5. The first-order valence-electron chi connectivity index (χ1n) is 20.7. The van der Waals surface area contributed by atoms with Crippen LogP contribution in [0.25, 0.3) is 15.8 Å². The Labute approximate surface area is 344 Å². The van der Waals surface area contributed by atoms with E-state index in [1.54, 1.807) is 17.4 Å². The molecule has 4 fully saturated rings. The number of aliphatic hydroxyl groups is 1. The highest BCUT2D eigenvalue weighted by atomic mass is 32.1. The number of thiazole rings is 1. The lowest BCUT2D eigenvalue weighted by atomic mass is 9.39. The summed E-state index contributed by atoms with van der Waals surface area (Å²) in [5.74, 6) is 0.685. The van der Waals surface area contributed by atoms with Gasteiger partial charge in [-0.3, -0.25) is 4.99 Å². The lowest BCUT2D eigenvalue weighted by Crippen LogP contribution is -2.64. The lowest BCUT2D eigenvalue weighted by molar-refractivity contribution is -0.241. The molecule has 14 heteroatoms. The van der Waals surface area contributed by atoms with Crippen molar-refractivity contribution >= 4 is 61.4 Å². The van der Waals surface area contributed by atoms with Crippen molar-refractivity contribution in [2.24, 2.45) is 27.0 Å². The highest BCUT2D eigenvalue weighted by Gasteiger charge is 2.66. The monoisotopic (exact) mass is 807 g/mol. The summed E-state index contributed by atoms with van der Waals surface area (Å²) in [4.78, 5) is 29.6. The van der Waals surface area contributed by atoms with Crippen molar-refractivity contribution in [1.29, 1.82) is 0 Å². The van der Waals surface area contributed by atoms with Crippen LogP contribution in [0.1, 0.15) is 105 Å². The van der Waals surface area contributed by atoms with Crippen molar-refractivity contribution in [3.8, 4) is 0 Å². The maximum Gasteiger partial charge on any atom is 0.355 e. The van der Waals surface area contributed by atoms with Gasteiger partial charge in [0.2, 0.25) is 0 Å². The lowest BCUT2D eigenvalue weighted by Gasteiger charge is -2.69. The van der Waals surface area contributed by atoms with Gasteiger partial charge < -0.3 is 36.2 Å². The highest BCUT2D eigenvalue weighted by Crippen LogP contribution is 2.71. The number of nitrogens with two attached hydrogens (primary N) is 1. The summed E-state index contributed by atoms with van der Waals surface area (Å²) < 4.78 is 7.90. The van der Waals surface area contributed by atoms with Crippen LogP contribution < -0.4 is 21.3 Å². The van der Waals surface area contributed by atoms with Crippen molar-refractivity contribution in [1.82, 2.24) is 25.5 Å². The number of aliphatic hydroxyl groups excluding tert-OH is 1. The second kappa shape index (κ2) is 15.6. The van der Waals surface area contributed by atoms with Crippen molar-refractivity contribution in [3.63, 3.8) is 0 Å². The number of benzene rings is 1. The molecule has 3 aromatic heterocycles. The third-order valence-corrected chi connectivity index (χ3v) is 13.8. The van der Waals surface area contributed by atoms with E-state index in [9.17, 15) is 9.90 Å². The van der Waals surface area contributed by atoms with Gasteiger partial charge in [0.15, 0.2) is 22.5 Å². The van der Waals surface area contributed by atoms with E-state index in [0.717, 1.165) is 96.5 Å². The number of aromatic carboxylic acids is 1. The maximum atomic E-state index is 12.9. The molecule has 4 aliphatic carbocycles. The molecule has 0 saturated heterocycles. The average Bonchev–Trinajstić information content (AvgIpc) is 3.56. The first kappa shape index (κ1) is 40.3. The SMILES string of the molecule is CC(=NCC12CC3(C)CC(C)(C1)CC(OCCNCCCO)(C3)C2)C(=CN)c1ccc(N2CCCc3c2nnc(Nc2nc4cc(C)ccc4s2)c3C)nc1C(=O)O. The van der Waals surface area contributed by atoms with E-state index in [1.807, 2.05) is 24.8 Å². The fourth-order valence-corrected chi connectivity index (χ4v) is 12.5. The van der Waals surface area contributed by atoms with Crippen molar-refractivity contribution in [2.45, 2.75) is 98.0 Å². The number of ether oxygens (including phenoxy) is 1. The third kappa shape index (κ3) is 7.83. The van der Waals surface area contributed by atoms with Crippen LogP contribution in [-0.2, 0) is 11.2 Å². The fourth-order valence-electron chi connectivity index (χ4n) is 11.7. The number of carboxylic acid groups (broad SMARTS) is 1. The molecule has 4 aromatic rings. The van der Waals surface area contributed by atoms with E-state index in [4.69, 9.17) is 30.5 Å². The number of aryl methyl sites for hydroxylation is 1. The number of allylic oxidation sites excluding steroid dienone is 1. The Balaban J connectivity index is 1.01. The number of nitrogens with one attached hydrogen (secondary N) is 2. The van der Waals surface area contributed by atoms with E-state index in [0.29, 0.717) is 54.0 Å². The predicted octanol–water partition coefficient (Wildman–Crippen LogP) is 7.49. The Morgan fingerprint density at radius 3 is 2.59 bits per heavy atom. The fraction of sp³-hybridized carbons (Fsp3) is 0.545. The van der Waals surface area contributed by atoms with Crippen LogP contribution in [-0.4, -0.2) is 87.1 Å². The van der Waals surface area contributed by atoms with E-state index in [1.165, 1.54) is 12.6 Å². The number of fused-ring (bicyclic) bond motifs is 2. The van der Waals surface area contributed by atoms with Gasteiger partial charge in [0.1, 0.15) is 5.82 Å². The zero-order valence-corrected chi connectivity index (χ0v) is 35.3. The third-order valence-electron chi connectivity index (χ3n) is 12.9. The van der Waals surface area contributed by atoms with Crippen LogP contribution in [0.15, 0.2) is 41.5 Å². The zero-order chi connectivity index (χ0) is 40.9. The summed E-state index contributed by atoms with van der Waals surface area (Å²) in [5.41, 5.74) is 12.2. The number of hydrogen-bond acceptors (Lipinski definition) is 13. The number of hydrogen-bond donors (Lipinski definition) is 5. The molecule has 308 valence electrons. The summed E-state index contributed by atoms with van der Waals surface area (Å²) >= 11 is 1.58. The van der Waals surface area contributed by atoms with E-state index >= 15 is 0 Å². The molecule has 4 heterocycles. The molecule has 58 heavy (non-hydrogen) atoms. The maximum absolute atomic E-state index is 12.9. The van der Waals surface area contributed by atoms with E-state index < -0.39 is 5.97 Å². The minimum absolute atomic E-state index is 0.00894. The van der Waals surface area contributed by atoms with E-state index in [-0.39, 0.29) is 34.1 Å². The molecule has 9 rings (SSSR count). The number of nitrogens with zero attached hydrogens (tertiary/aromatic N) is 6. The first-order valence-corrected chi connectivity index (χ1v) is 21.5. The molecule has 2 atom stereocenters. The molecule has 1 aromatic carbocycles. The van der Waals surface area contributed by atoms with Gasteiger partial charge in [0.05, 0.1) is 22.4 Å². The number of carbonyl (C=O) groups is 1. The Hall–Kier alpha value is -4.50. The molecule has 2 unspecified atom stereocenters. The molecule has 0 amide bonds. The van der Waals surface area contributed by atoms with Crippen LogP contribution >= 0.6 is 11.3 Å². The van der Waals surface area contributed by atoms with Crippen LogP contribution in [0.4, 0.5) is 22.6 Å². The summed E-state index contributed by atoms with van der Waals surface area (Å²) in [6.07, 6.45) is 10.4. The van der Waals surface area contributed by atoms with Gasteiger partial charge in [-0.25, -0.2) is 14.8 Å². The van der Waals surface area contributed by atoms with Gasteiger partial charge in [-0.05, 0) is 131 Å². The average molecular weight is 808 g/mol. The standard InChI is InChI=1S/C44H57N9O4S/c1-27-9-11-34-33(18-27)48-40(58-34)50-37-28(2)30-8-6-15-53(38(30)52-51-37)35-12-10-31(36(49-35)39(55)56)32(19-45)29(3)47-26-43-21-41(4)20-42(5,22-43)24-44(23-41,25-43)57-17-14-46-13-7-16-54/h9-12,18-19,46,54H,6-8,13-17,20-26,45H2,1-5H3,(H,55,56)(H,48,50,51). The Morgan fingerprint density at radius 1 is 1.05 bits per heavy atom. The van der Waals surface area contributed by atoms with Crippen LogP contribution in [0.5, 0.6) is 0 Å². The van der Waals surface area contributed by atoms with Gasteiger partial charge in [-0.2, -0.15) is 0 Å². The first-order chi connectivity index (χ1) is 27.7. The van der Waals surface area contributed by atoms with Crippen molar-refractivity contribution in [2.75, 3.05) is 49.6 Å². The largest absolute Gasteiger partial charge is 0.476 e. The minimum atomic E-state index is -1.14. The second-order valence-electron chi connectivity index (χ2n) is 18.2. The van der Waals surface area contributed by atoms with Gasteiger partial charge in [-0.15, -0.1) is 10.2 Å². The molecule has 4 bridgehead atoms. The number of aliphatic imine (C=N–C) groups is 1. The smallest absolute Gasteiger partial charge is 0.355 e. The van der Waals surface area contributed by atoms with Gasteiger partial charge in [0, 0.05) is 60.4 Å². The number of anilines is 4. The molecule has 6 N–H and O–H groups in total. The summed E-state index contributed by atoms with van der Waals surface area (Å²) in [6, 6.07) is 9.89. The summed E-state index contributed by atoms with van der Waals surface area (Å²) in [7, 11) is 0. The van der Waals surface area contributed by atoms with E-state index in [2.05, 4.69) is 59.8 Å². The van der Waals surface area contributed by atoms with Crippen molar-refractivity contribution in [3.05, 3.63) is 64.5 Å². The predicted molar refractivity (Wildman–Crippen MR) is 231 cm³/mol. The molecule has 1 aliphatic heterocycles. The van der Waals surface area contributed by atoms with Crippen LogP contribution in [0.3, 0.4) is 0 Å². The number of aromatic nitrogens is 4. The quantitative estimate of drug-likeness (QED) is 0.0590. The van der Waals surface area contributed by atoms with Gasteiger partial charge in [-0.1, -0.05) is 31.3 Å². The highest BCUT2D eigenvalue weighted by molar-refractivity contribution is 7.22. The normalized spacial score (nSPS) is 26.7. The number of carboxylic acids is 1. The van der Waals surface area contributed by atoms with Crippen molar-refractivity contribution < 1.29 is 19.7 Å². The topological polar surface area (TPSA) is 184 Å². The Morgan fingerprint density at radius 2 is 1.84 bits per heavy atom. The molecule has 0 radical (unpaired) electrons. The number of rotatable bonds is 15. The molecular formula is C44H57N9O4S. The molecule has 0 spiro atoms. The molecule has 4 saturated carbocycles. The molecule has 13 nitrogen and oxygen atoms in total. The van der Waals surface area contributed by atoms with Gasteiger partial charge >= 0.3 is 5.97 Å². The molecule has 5 aliphatic rings. The second-order valence-corrected chi connectivity index (χ2v) is 19.3. The molecular weight excluding hydrogens is 751 g/mol.